The van der Waals surface area contributed by atoms with E-state index in [1.165, 1.54) is 50.4 Å². The molecule has 0 spiro atoms. The summed E-state index contributed by atoms with van der Waals surface area (Å²) in [6.07, 6.45) is 7.48. The lowest BCUT2D eigenvalue weighted by atomic mass is 9.93. The zero-order chi connectivity index (χ0) is 11.7. The third-order valence-corrected chi connectivity index (χ3v) is 4.25. The molecule has 0 unspecified atom stereocenters. The van der Waals surface area contributed by atoms with E-state index < -0.39 is 0 Å². The van der Waals surface area contributed by atoms with Crippen LogP contribution in [0.2, 0.25) is 0 Å². The molecular weight excluding hydrogens is 212 g/mol. The molecule has 0 aliphatic carbocycles. The monoisotopic (exact) mass is 234 g/mol. The van der Waals surface area contributed by atoms with Crippen LogP contribution in [0.4, 0.5) is 0 Å². The van der Waals surface area contributed by atoms with E-state index in [0.717, 1.165) is 25.3 Å². The second-order valence-electron chi connectivity index (χ2n) is 5.59. The molecule has 94 valence electrons. The van der Waals surface area contributed by atoms with Crippen LogP contribution in [0.15, 0.2) is 0 Å². The molecule has 0 bridgehead atoms. The maximum absolute atomic E-state index is 4.41. The predicted molar refractivity (Wildman–Crippen MR) is 66.9 cm³/mol. The van der Waals surface area contributed by atoms with E-state index >= 15 is 0 Å². The minimum absolute atomic E-state index is 0.821. The van der Waals surface area contributed by atoms with Gasteiger partial charge in [0, 0.05) is 19.4 Å². The summed E-state index contributed by atoms with van der Waals surface area (Å²) in [5.74, 6) is 3.29. The van der Waals surface area contributed by atoms with Gasteiger partial charge in [0.25, 0.3) is 0 Å². The van der Waals surface area contributed by atoms with Crippen LogP contribution >= 0.6 is 0 Å². The van der Waals surface area contributed by atoms with Crippen molar-refractivity contribution in [1.82, 2.24) is 19.7 Å². The first-order valence-electron chi connectivity index (χ1n) is 6.92. The van der Waals surface area contributed by atoms with Crippen LogP contribution in [0.3, 0.4) is 0 Å². The number of aromatic nitrogens is 3. The van der Waals surface area contributed by atoms with Gasteiger partial charge in [-0.2, -0.15) is 0 Å². The summed E-state index contributed by atoms with van der Waals surface area (Å²) in [5, 5.41) is 8.75. The van der Waals surface area contributed by atoms with E-state index in [2.05, 4.69) is 26.7 Å². The van der Waals surface area contributed by atoms with Gasteiger partial charge in [-0.25, -0.2) is 0 Å². The van der Waals surface area contributed by atoms with Crippen LogP contribution in [0, 0.1) is 5.92 Å². The van der Waals surface area contributed by atoms with E-state index in [4.69, 9.17) is 0 Å². The molecule has 3 heterocycles. The number of piperidine rings is 1. The summed E-state index contributed by atoms with van der Waals surface area (Å²) in [4.78, 5) is 2.43. The second kappa shape index (κ2) is 4.77. The minimum Gasteiger partial charge on any atom is -0.315 e. The Kier molecular flexibility index (Phi) is 3.14. The van der Waals surface area contributed by atoms with Crippen molar-refractivity contribution < 1.29 is 0 Å². The Morgan fingerprint density at radius 3 is 2.76 bits per heavy atom. The Labute approximate surface area is 103 Å². The molecule has 1 saturated heterocycles. The molecule has 4 nitrogen and oxygen atoms in total. The van der Waals surface area contributed by atoms with Crippen molar-refractivity contribution in [2.24, 2.45) is 5.92 Å². The van der Waals surface area contributed by atoms with Gasteiger partial charge in [0.2, 0.25) is 0 Å². The number of nitrogens with zero attached hydrogens (tertiary/aromatic N) is 4. The van der Waals surface area contributed by atoms with Crippen molar-refractivity contribution in [3.8, 4) is 0 Å². The molecule has 1 aromatic heterocycles. The van der Waals surface area contributed by atoms with Gasteiger partial charge in [-0.3, -0.25) is 0 Å². The molecule has 0 atom stereocenters. The van der Waals surface area contributed by atoms with Crippen LogP contribution in [0.25, 0.3) is 0 Å². The largest absolute Gasteiger partial charge is 0.315 e. The number of hydrogen-bond acceptors (Lipinski definition) is 3. The van der Waals surface area contributed by atoms with Crippen molar-refractivity contribution in [1.29, 1.82) is 0 Å². The highest BCUT2D eigenvalue weighted by atomic mass is 15.3. The van der Waals surface area contributed by atoms with E-state index in [9.17, 15) is 0 Å². The van der Waals surface area contributed by atoms with Crippen LogP contribution in [0.5, 0.6) is 0 Å². The Morgan fingerprint density at radius 2 is 1.94 bits per heavy atom. The minimum atomic E-state index is 0.821. The summed E-state index contributed by atoms with van der Waals surface area (Å²) in [5.41, 5.74) is 0. The predicted octanol–water partition coefficient (Wildman–Crippen LogP) is 1.50. The number of hydrogen-bond donors (Lipinski definition) is 0. The Bertz CT molecular complexity index is 377. The summed E-state index contributed by atoms with van der Waals surface area (Å²) >= 11 is 0. The number of aryl methyl sites for hydroxylation is 1. The van der Waals surface area contributed by atoms with Crippen LogP contribution in [-0.2, 0) is 19.4 Å². The van der Waals surface area contributed by atoms with Crippen molar-refractivity contribution in [3.05, 3.63) is 11.6 Å². The topological polar surface area (TPSA) is 34.0 Å². The fourth-order valence-corrected chi connectivity index (χ4v) is 3.04. The molecule has 0 radical (unpaired) electrons. The van der Waals surface area contributed by atoms with Gasteiger partial charge in [-0.05, 0) is 51.7 Å². The smallest absolute Gasteiger partial charge is 0.133 e. The molecule has 2 aliphatic heterocycles. The fourth-order valence-electron chi connectivity index (χ4n) is 3.04. The average Bonchev–Trinajstić information content (AvgIpc) is 2.76. The van der Waals surface area contributed by atoms with Gasteiger partial charge in [-0.1, -0.05) is 0 Å². The number of rotatable bonds is 2. The molecule has 17 heavy (non-hydrogen) atoms. The molecular formula is C13H22N4. The van der Waals surface area contributed by atoms with Gasteiger partial charge in [-0.15, -0.1) is 10.2 Å². The fraction of sp³-hybridized carbons (Fsp3) is 0.846. The molecule has 0 aromatic carbocycles. The van der Waals surface area contributed by atoms with E-state index in [1.54, 1.807) is 0 Å². The molecule has 2 aliphatic rings. The van der Waals surface area contributed by atoms with Gasteiger partial charge < -0.3 is 9.47 Å². The van der Waals surface area contributed by atoms with Crippen molar-refractivity contribution >= 4 is 0 Å². The molecule has 3 rings (SSSR count). The molecule has 0 saturated carbocycles. The van der Waals surface area contributed by atoms with Gasteiger partial charge in [0.15, 0.2) is 0 Å². The number of likely N-dealkylation sites (tertiary alicyclic amines) is 1. The standard InChI is InChI=1S/C13H22N4/c1-16-8-5-11(6-9-16)10-13-15-14-12-4-2-3-7-17(12)13/h11H,2-10H2,1H3. The summed E-state index contributed by atoms with van der Waals surface area (Å²) in [6, 6.07) is 0. The van der Waals surface area contributed by atoms with Crippen molar-refractivity contribution in [3.63, 3.8) is 0 Å². The zero-order valence-electron chi connectivity index (χ0n) is 10.7. The quantitative estimate of drug-likeness (QED) is 0.777. The summed E-state index contributed by atoms with van der Waals surface area (Å²) in [6.45, 7) is 3.63. The first kappa shape index (κ1) is 11.2. The third-order valence-electron chi connectivity index (χ3n) is 4.25. The van der Waals surface area contributed by atoms with Crippen LogP contribution in [-0.4, -0.2) is 39.8 Å². The zero-order valence-corrected chi connectivity index (χ0v) is 10.7. The summed E-state index contributed by atoms with van der Waals surface area (Å²) in [7, 11) is 2.22. The molecule has 4 heteroatoms. The Hall–Kier alpha value is -0.900. The highest BCUT2D eigenvalue weighted by Crippen LogP contribution is 2.22. The summed E-state index contributed by atoms with van der Waals surface area (Å²) < 4.78 is 2.38. The van der Waals surface area contributed by atoms with E-state index in [1.807, 2.05) is 0 Å². The maximum Gasteiger partial charge on any atom is 0.133 e. The van der Waals surface area contributed by atoms with E-state index in [0.29, 0.717) is 0 Å². The highest BCUT2D eigenvalue weighted by molar-refractivity contribution is 5.00. The maximum atomic E-state index is 4.41. The Morgan fingerprint density at radius 1 is 1.12 bits per heavy atom. The number of fused-ring (bicyclic) bond motifs is 1. The third kappa shape index (κ3) is 2.37. The van der Waals surface area contributed by atoms with Crippen LogP contribution in [0.1, 0.15) is 37.3 Å². The highest BCUT2D eigenvalue weighted by Gasteiger charge is 2.21. The van der Waals surface area contributed by atoms with Gasteiger partial charge in [0.1, 0.15) is 11.6 Å². The average molecular weight is 234 g/mol. The lowest BCUT2D eigenvalue weighted by molar-refractivity contribution is 0.216. The van der Waals surface area contributed by atoms with E-state index in [-0.39, 0.29) is 0 Å². The lowest BCUT2D eigenvalue weighted by Crippen LogP contribution is -2.31. The van der Waals surface area contributed by atoms with Crippen molar-refractivity contribution in [2.75, 3.05) is 20.1 Å². The molecule has 1 aromatic rings. The lowest BCUT2D eigenvalue weighted by Gasteiger charge is -2.28. The Balaban J connectivity index is 1.66. The second-order valence-corrected chi connectivity index (χ2v) is 5.59. The van der Waals surface area contributed by atoms with Gasteiger partial charge >= 0.3 is 0 Å². The first-order valence-corrected chi connectivity index (χ1v) is 6.92. The molecule has 0 N–H and O–H groups in total. The first-order chi connectivity index (χ1) is 8.33. The molecule has 0 amide bonds. The van der Waals surface area contributed by atoms with Gasteiger partial charge in [0.05, 0.1) is 0 Å². The molecule has 1 fully saturated rings. The SMILES string of the molecule is CN1CCC(Cc2nnc3n2CCCC3)CC1. The van der Waals surface area contributed by atoms with Crippen LogP contribution < -0.4 is 0 Å². The van der Waals surface area contributed by atoms with Crippen molar-refractivity contribution in [2.45, 2.75) is 45.1 Å². The normalized spacial score (nSPS) is 22.6.